The van der Waals surface area contributed by atoms with Gasteiger partial charge in [0.25, 0.3) is 0 Å². The highest BCUT2D eigenvalue weighted by Gasteiger charge is 2.35. The Hall–Kier alpha value is -2.59. The Labute approximate surface area is 130 Å². The normalized spacial score (nSPS) is 17.7. The molecule has 4 heteroatoms. The minimum absolute atomic E-state index is 0.0394. The van der Waals surface area contributed by atoms with Crippen LogP contribution in [0.5, 0.6) is 5.75 Å². The number of carbonyl (C=O) groups is 1. The molecular weight excluding hydrogens is 276 g/mol. The molecule has 0 saturated heterocycles. The van der Waals surface area contributed by atoms with Gasteiger partial charge in [0.2, 0.25) is 0 Å². The molecule has 0 spiro atoms. The summed E-state index contributed by atoms with van der Waals surface area (Å²) in [5, 5.41) is 18.7. The number of nitrogens with zero attached hydrogens (tertiary/aromatic N) is 2. The van der Waals surface area contributed by atoms with Crippen LogP contribution in [0.3, 0.4) is 0 Å². The fourth-order valence-corrected chi connectivity index (χ4v) is 3.09. The summed E-state index contributed by atoms with van der Waals surface area (Å²) in [6.45, 7) is 4.48. The highest BCUT2D eigenvalue weighted by molar-refractivity contribution is 5.81. The molecule has 112 valence electrons. The molecule has 4 nitrogen and oxygen atoms in total. The van der Waals surface area contributed by atoms with Crippen molar-refractivity contribution in [3.63, 3.8) is 0 Å². The van der Waals surface area contributed by atoms with E-state index >= 15 is 0 Å². The van der Waals surface area contributed by atoms with Crippen molar-refractivity contribution in [1.82, 2.24) is 0 Å². The predicted octanol–water partition coefficient (Wildman–Crippen LogP) is 3.36. The average Bonchev–Trinajstić information content (AvgIpc) is 2.54. The number of hydrogen-bond donors (Lipinski definition) is 0. The fraction of sp³-hybridized carbons (Fsp3) is 0.389. The molecule has 0 aliphatic carbocycles. The lowest BCUT2D eigenvalue weighted by Gasteiger charge is -2.35. The van der Waals surface area contributed by atoms with Gasteiger partial charge in [0.15, 0.2) is 0 Å². The molecule has 1 aromatic rings. The number of fused-ring (bicyclic) bond motifs is 1. The summed E-state index contributed by atoms with van der Waals surface area (Å²) in [4.78, 5) is 11.0. The van der Waals surface area contributed by atoms with E-state index in [4.69, 9.17) is 4.74 Å². The first-order chi connectivity index (χ1) is 10.6. The summed E-state index contributed by atoms with van der Waals surface area (Å²) >= 11 is 0. The number of para-hydroxylation sites is 1. The molecule has 2 atom stereocenters. The lowest BCUT2D eigenvalue weighted by atomic mass is 9.73. The van der Waals surface area contributed by atoms with Crippen molar-refractivity contribution in [3.8, 4) is 17.9 Å². The van der Waals surface area contributed by atoms with E-state index in [2.05, 4.69) is 0 Å². The molecule has 0 bridgehead atoms. The summed E-state index contributed by atoms with van der Waals surface area (Å²) in [7, 11) is 0. The molecule has 1 aromatic carbocycles. The second-order valence-electron chi connectivity index (χ2n) is 5.74. The Kier molecular flexibility index (Phi) is 4.96. The summed E-state index contributed by atoms with van der Waals surface area (Å²) in [6, 6.07) is 11.4. The number of benzene rings is 1. The van der Waals surface area contributed by atoms with E-state index < -0.39 is 0 Å². The predicted molar refractivity (Wildman–Crippen MR) is 82.6 cm³/mol. The number of hydrogen-bond acceptors (Lipinski definition) is 4. The van der Waals surface area contributed by atoms with Crippen LogP contribution in [0.2, 0.25) is 0 Å². The summed E-state index contributed by atoms with van der Waals surface area (Å²) in [6.07, 6.45) is 1.29. The van der Waals surface area contributed by atoms with Crippen molar-refractivity contribution in [2.75, 3.05) is 6.61 Å². The molecule has 2 rings (SSSR count). The van der Waals surface area contributed by atoms with E-state index in [1.165, 1.54) is 0 Å². The first kappa shape index (κ1) is 15.8. The molecule has 1 aliphatic rings. The van der Waals surface area contributed by atoms with Gasteiger partial charge in [0.05, 0.1) is 6.61 Å². The van der Waals surface area contributed by atoms with Gasteiger partial charge in [-0.15, -0.1) is 0 Å². The topological polar surface area (TPSA) is 73.9 Å². The maximum absolute atomic E-state index is 11.0. The second kappa shape index (κ2) is 6.91. The quantitative estimate of drug-likeness (QED) is 0.630. The van der Waals surface area contributed by atoms with E-state index in [1.807, 2.05) is 50.3 Å². The van der Waals surface area contributed by atoms with Crippen LogP contribution < -0.4 is 4.74 Å². The lowest BCUT2D eigenvalue weighted by Crippen LogP contribution is -2.31. The van der Waals surface area contributed by atoms with E-state index in [0.29, 0.717) is 24.4 Å². The van der Waals surface area contributed by atoms with Crippen LogP contribution in [0.1, 0.15) is 25.8 Å². The monoisotopic (exact) mass is 294 g/mol. The molecule has 0 unspecified atom stereocenters. The molecule has 0 amide bonds. The van der Waals surface area contributed by atoms with Gasteiger partial charge in [-0.3, -0.25) is 0 Å². The third kappa shape index (κ3) is 2.87. The molecular formula is C18H18N2O2. The summed E-state index contributed by atoms with van der Waals surface area (Å²) < 4.78 is 5.81. The van der Waals surface area contributed by atoms with Crippen molar-refractivity contribution >= 4 is 11.9 Å². The van der Waals surface area contributed by atoms with Crippen LogP contribution >= 0.6 is 0 Å². The van der Waals surface area contributed by atoms with Crippen molar-refractivity contribution in [1.29, 1.82) is 10.5 Å². The molecule has 1 heterocycles. The molecule has 0 aromatic heterocycles. The first-order valence-electron chi connectivity index (χ1n) is 7.34. The van der Waals surface area contributed by atoms with Gasteiger partial charge in [-0.1, -0.05) is 32.0 Å². The number of allylic oxidation sites excluding steroid dienone is 1. The maximum atomic E-state index is 11.0. The minimum atomic E-state index is -0.130. The SMILES string of the molecule is CC(C)[C@H](CC=O)[C@@H]1COc2ccccc2C1=C(C#N)C#N. The van der Waals surface area contributed by atoms with Crippen molar-refractivity contribution in [2.24, 2.45) is 17.8 Å². The smallest absolute Gasteiger partial charge is 0.134 e. The molecule has 1 aliphatic heterocycles. The van der Waals surface area contributed by atoms with Gasteiger partial charge in [-0.25, -0.2) is 0 Å². The Bertz CT molecular complexity index is 661. The maximum Gasteiger partial charge on any atom is 0.134 e. The fourth-order valence-electron chi connectivity index (χ4n) is 3.09. The number of ether oxygens (including phenoxy) is 1. The molecule has 0 N–H and O–H groups in total. The van der Waals surface area contributed by atoms with Crippen LogP contribution in [0.25, 0.3) is 5.57 Å². The van der Waals surface area contributed by atoms with Crippen LogP contribution in [-0.4, -0.2) is 12.9 Å². The Morgan fingerprint density at radius 3 is 2.64 bits per heavy atom. The van der Waals surface area contributed by atoms with Gasteiger partial charge in [0, 0.05) is 17.9 Å². The van der Waals surface area contributed by atoms with Crippen LogP contribution in [0.15, 0.2) is 29.8 Å². The largest absolute Gasteiger partial charge is 0.492 e. The van der Waals surface area contributed by atoms with Crippen molar-refractivity contribution in [3.05, 3.63) is 35.4 Å². The lowest BCUT2D eigenvalue weighted by molar-refractivity contribution is -0.109. The Morgan fingerprint density at radius 1 is 1.36 bits per heavy atom. The number of rotatable bonds is 4. The van der Waals surface area contributed by atoms with E-state index in [0.717, 1.165) is 11.8 Å². The van der Waals surface area contributed by atoms with Crippen LogP contribution in [0.4, 0.5) is 0 Å². The van der Waals surface area contributed by atoms with Crippen molar-refractivity contribution < 1.29 is 9.53 Å². The number of carbonyl (C=O) groups excluding carboxylic acids is 1. The summed E-state index contributed by atoms with van der Waals surface area (Å²) in [5.41, 5.74) is 1.61. The zero-order chi connectivity index (χ0) is 16.1. The second-order valence-corrected chi connectivity index (χ2v) is 5.74. The standard InChI is InChI=1S/C18H18N2O2/c1-12(2)14(7-8-21)16-11-22-17-6-4-3-5-15(17)18(16)13(9-19)10-20/h3-6,8,12,14,16H,7,11H2,1-2H3/t14-,16-/m0/s1. The first-order valence-corrected chi connectivity index (χ1v) is 7.34. The Morgan fingerprint density at radius 2 is 2.05 bits per heavy atom. The van der Waals surface area contributed by atoms with Crippen LogP contribution in [0, 0.1) is 40.4 Å². The van der Waals surface area contributed by atoms with E-state index in [-0.39, 0.29) is 23.3 Å². The Balaban J connectivity index is 2.61. The van der Waals surface area contributed by atoms with E-state index in [1.54, 1.807) is 0 Å². The molecule has 0 saturated carbocycles. The minimum Gasteiger partial charge on any atom is -0.492 e. The summed E-state index contributed by atoms with van der Waals surface area (Å²) in [5.74, 6) is 0.843. The van der Waals surface area contributed by atoms with Gasteiger partial charge in [-0.2, -0.15) is 10.5 Å². The van der Waals surface area contributed by atoms with Gasteiger partial charge in [0.1, 0.15) is 29.7 Å². The molecule has 0 fully saturated rings. The third-order valence-electron chi connectivity index (χ3n) is 4.20. The average molecular weight is 294 g/mol. The zero-order valence-electron chi connectivity index (χ0n) is 12.7. The molecule has 0 radical (unpaired) electrons. The van der Waals surface area contributed by atoms with E-state index in [9.17, 15) is 15.3 Å². The number of nitriles is 2. The van der Waals surface area contributed by atoms with Gasteiger partial charge < -0.3 is 9.53 Å². The number of aldehydes is 1. The highest BCUT2D eigenvalue weighted by atomic mass is 16.5. The van der Waals surface area contributed by atoms with Gasteiger partial charge in [-0.05, 0) is 23.5 Å². The third-order valence-corrected chi connectivity index (χ3v) is 4.20. The highest BCUT2D eigenvalue weighted by Crippen LogP contribution is 2.43. The van der Waals surface area contributed by atoms with Crippen molar-refractivity contribution in [2.45, 2.75) is 20.3 Å². The molecule has 22 heavy (non-hydrogen) atoms. The van der Waals surface area contributed by atoms with Crippen LogP contribution in [-0.2, 0) is 4.79 Å². The zero-order valence-corrected chi connectivity index (χ0v) is 12.7. The van der Waals surface area contributed by atoms with Gasteiger partial charge >= 0.3 is 0 Å².